The van der Waals surface area contributed by atoms with Crippen LogP contribution in [0, 0.1) is 10.1 Å². The topological polar surface area (TPSA) is 90.1 Å². The molecule has 0 aromatic carbocycles. The lowest BCUT2D eigenvalue weighted by molar-refractivity contribution is -0.384. The number of halogens is 1. The molecule has 8 heteroatoms. The molecule has 1 N–H and O–H groups in total. The van der Waals surface area contributed by atoms with Gasteiger partial charge in [-0.3, -0.25) is 14.9 Å². The molecule has 0 bridgehead atoms. The summed E-state index contributed by atoms with van der Waals surface area (Å²) in [5, 5.41) is 13.3. The molecule has 0 radical (unpaired) electrons. The maximum atomic E-state index is 12.0. The van der Waals surface area contributed by atoms with Crippen LogP contribution in [0.2, 0.25) is 0 Å². The average Bonchev–Trinajstić information content (AvgIpc) is 2.74. The highest BCUT2D eigenvalue weighted by Gasteiger charge is 2.18. The third-order valence-corrected chi connectivity index (χ3v) is 3.07. The van der Waals surface area contributed by atoms with Crippen LogP contribution in [0.1, 0.15) is 10.5 Å². The molecule has 7 nitrogen and oxygen atoms in total. The summed E-state index contributed by atoms with van der Waals surface area (Å²) in [5.41, 5.74) is 0.566. The van der Waals surface area contributed by atoms with Crippen molar-refractivity contribution in [3.05, 3.63) is 51.0 Å². The van der Waals surface area contributed by atoms with Crippen molar-refractivity contribution in [2.24, 2.45) is 7.05 Å². The molecule has 0 atom stereocenters. The minimum Gasteiger partial charge on any atom is -0.340 e. The average molecular weight is 325 g/mol. The molecule has 0 aliphatic heterocycles. The second-order valence-corrected chi connectivity index (χ2v) is 4.50. The summed E-state index contributed by atoms with van der Waals surface area (Å²) in [7, 11) is 1.57. The third kappa shape index (κ3) is 2.79. The zero-order chi connectivity index (χ0) is 14.0. The van der Waals surface area contributed by atoms with Gasteiger partial charge in [0.1, 0.15) is 10.3 Å². The monoisotopic (exact) mass is 324 g/mol. The largest absolute Gasteiger partial charge is 0.340 e. The van der Waals surface area contributed by atoms with Crippen LogP contribution in [0.4, 0.5) is 11.4 Å². The van der Waals surface area contributed by atoms with Gasteiger partial charge in [0.2, 0.25) is 0 Å². The van der Waals surface area contributed by atoms with Crippen molar-refractivity contribution in [2.45, 2.75) is 0 Å². The number of aromatic nitrogens is 2. The maximum absolute atomic E-state index is 12.0. The van der Waals surface area contributed by atoms with Gasteiger partial charge in [-0.2, -0.15) is 0 Å². The van der Waals surface area contributed by atoms with E-state index in [9.17, 15) is 14.9 Å². The minimum atomic E-state index is -0.545. The molecule has 2 heterocycles. The molecule has 0 aliphatic carbocycles. The van der Waals surface area contributed by atoms with E-state index in [2.05, 4.69) is 26.2 Å². The standard InChI is InChI=1S/C11H9BrN4O3/c1-15-6-7(16(18)19)5-9(15)11(17)14-8-3-2-4-13-10(8)12/h2-6H,1H3,(H,14,17). The SMILES string of the molecule is Cn1cc([N+](=O)[O-])cc1C(=O)Nc1cccnc1Br. The van der Waals surface area contributed by atoms with Crippen LogP contribution in [-0.4, -0.2) is 20.4 Å². The summed E-state index contributed by atoms with van der Waals surface area (Å²) in [6.45, 7) is 0. The Morgan fingerprint density at radius 1 is 1.58 bits per heavy atom. The van der Waals surface area contributed by atoms with Crippen molar-refractivity contribution in [3.63, 3.8) is 0 Å². The Hall–Kier alpha value is -2.22. The van der Waals surface area contributed by atoms with Gasteiger partial charge in [0.25, 0.3) is 11.6 Å². The van der Waals surface area contributed by atoms with Crippen molar-refractivity contribution < 1.29 is 9.72 Å². The first-order valence-corrected chi connectivity index (χ1v) is 6.01. The summed E-state index contributed by atoms with van der Waals surface area (Å²) >= 11 is 3.20. The fraction of sp³-hybridized carbons (Fsp3) is 0.0909. The summed E-state index contributed by atoms with van der Waals surface area (Å²) in [4.78, 5) is 26.1. The quantitative estimate of drug-likeness (QED) is 0.533. The van der Waals surface area contributed by atoms with Crippen LogP contribution >= 0.6 is 15.9 Å². The molecule has 2 aromatic rings. The zero-order valence-electron chi connectivity index (χ0n) is 9.83. The van der Waals surface area contributed by atoms with Gasteiger partial charge >= 0.3 is 0 Å². The van der Waals surface area contributed by atoms with Gasteiger partial charge in [0.15, 0.2) is 0 Å². The molecule has 19 heavy (non-hydrogen) atoms. The van der Waals surface area contributed by atoms with Crippen LogP contribution in [-0.2, 0) is 7.05 Å². The van der Waals surface area contributed by atoms with E-state index in [1.807, 2.05) is 0 Å². The first-order valence-electron chi connectivity index (χ1n) is 5.21. The van der Waals surface area contributed by atoms with Crippen LogP contribution in [0.25, 0.3) is 0 Å². The van der Waals surface area contributed by atoms with Gasteiger partial charge in [-0.05, 0) is 28.1 Å². The molecule has 1 amide bonds. The lowest BCUT2D eigenvalue weighted by Gasteiger charge is -2.06. The van der Waals surface area contributed by atoms with Crippen LogP contribution < -0.4 is 5.32 Å². The molecule has 0 fully saturated rings. The number of nitro groups is 1. The number of carbonyl (C=O) groups is 1. The highest BCUT2D eigenvalue weighted by Crippen LogP contribution is 2.21. The number of aryl methyl sites for hydroxylation is 1. The summed E-state index contributed by atoms with van der Waals surface area (Å²) in [6, 6.07) is 4.57. The van der Waals surface area contributed by atoms with E-state index in [0.29, 0.717) is 10.3 Å². The summed E-state index contributed by atoms with van der Waals surface area (Å²) in [6.07, 6.45) is 2.86. The van der Waals surface area contributed by atoms with Gasteiger partial charge in [-0.25, -0.2) is 4.98 Å². The number of nitrogens with one attached hydrogen (secondary N) is 1. The third-order valence-electron chi connectivity index (χ3n) is 2.44. The highest BCUT2D eigenvalue weighted by atomic mass is 79.9. The number of nitrogens with zero attached hydrogens (tertiary/aromatic N) is 3. The van der Waals surface area contributed by atoms with E-state index < -0.39 is 10.8 Å². The second-order valence-electron chi connectivity index (χ2n) is 3.75. The molecule has 0 saturated carbocycles. The Morgan fingerprint density at radius 2 is 2.32 bits per heavy atom. The van der Waals surface area contributed by atoms with Crippen LogP contribution in [0.15, 0.2) is 35.2 Å². The van der Waals surface area contributed by atoms with Gasteiger partial charge in [0, 0.05) is 19.3 Å². The van der Waals surface area contributed by atoms with Crippen molar-refractivity contribution in [3.8, 4) is 0 Å². The molecular weight excluding hydrogens is 316 g/mol. The molecular formula is C11H9BrN4O3. The lowest BCUT2D eigenvalue weighted by atomic mass is 10.3. The fourth-order valence-corrected chi connectivity index (χ4v) is 1.89. The Balaban J connectivity index is 2.26. The van der Waals surface area contributed by atoms with Crippen molar-refractivity contribution >= 4 is 33.2 Å². The first-order chi connectivity index (χ1) is 8.99. The Bertz CT molecular complexity index is 653. The number of pyridine rings is 1. The molecule has 0 aliphatic rings. The summed E-state index contributed by atoms with van der Waals surface area (Å²) < 4.78 is 1.89. The molecule has 2 aromatic heterocycles. The Morgan fingerprint density at radius 3 is 2.89 bits per heavy atom. The Kier molecular flexibility index (Phi) is 3.61. The summed E-state index contributed by atoms with van der Waals surface area (Å²) in [5.74, 6) is -0.440. The fourth-order valence-electron chi connectivity index (χ4n) is 1.54. The van der Waals surface area contributed by atoms with E-state index in [0.717, 1.165) is 0 Å². The number of amides is 1. The molecule has 0 saturated heterocycles. The number of carbonyl (C=O) groups excluding carboxylic acids is 1. The van der Waals surface area contributed by atoms with E-state index in [1.54, 1.807) is 25.4 Å². The first kappa shape index (κ1) is 13.2. The van der Waals surface area contributed by atoms with Gasteiger partial charge < -0.3 is 9.88 Å². The van der Waals surface area contributed by atoms with Crippen molar-refractivity contribution in [1.82, 2.24) is 9.55 Å². The maximum Gasteiger partial charge on any atom is 0.287 e. The van der Waals surface area contributed by atoms with E-state index in [1.165, 1.54) is 16.8 Å². The number of rotatable bonds is 3. The van der Waals surface area contributed by atoms with E-state index >= 15 is 0 Å². The molecule has 0 spiro atoms. The van der Waals surface area contributed by atoms with Crippen LogP contribution in [0.3, 0.4) is 0 Å². The van der Waals surface area contributed by atoms with Crippen molar-refractivity contribution in [1.29, 1.82) is 0 Å². The van der Waals surface area contributed by atoms with Crippen molar-refractivity contribution in [2.75, 3.05) is 5.32 Å². The molecule has 2 rings (SSSR count). The Labute approximate surface area is 116 Å². The van der Waals surface area contributed by atoms with Crippen LogP contribution in [0.5, 0.6) is 0 Å². The second kappa shape index (κ2) is 5.19. The number of hydrogen-bond donors (Lipinski definition) is 1. The number of hydrogen-bond acceptors (Lipinski definition) is 4. The molecule has 98 valence electrons. The smallest absolute Gasteiger partial charge is 0.287 e. The van der Waals surface area contributed by atoms with Gasteiger partial charge in [-0.1, -0.05) is 0 Å². The molecule has 0 unspecified atom stereocenters. The zero-order valence-corrected chi connectivity index (χ0v) is 11.4. The normalized spacial score (nSPS) is 10.2. The van der Waals surface area contributed by atoms with Gasteiger partial charge in [-0.15, -0.1) is 0 Å². The number of anilines is 1. The lowest BCUT2D eigenvalue weighted by Crippen LogP contribution is -2.15. The van der Waals surface area contributed by atoms with E-state index in [-0.39, 0.29) is 11.4 Å². The highest BCUT2D eigenvalue weighted by molar-refractivity contribution is 9.10. The predicted octanol–water partition coefficient (Wildman–Crippen LogP) is 2.34. The van der Waals surface area contributed by atoms with Gasteiger partial charge in [0.05, 0.1) is 16.8 Å². The predicted molar refractivity (Wildman–Crippen MR) is 72.0 cm³/mol. The minimum absolute atomic E-state index is 0.127. The van der Waals surface area contributed by atoms with E-state index in [4.69, 9.17) is 0 Å².